The third-order valence-electron chi connectivity index (χ3n) is 7.13. The van der Waals surface area contributed by atoms with Crippen molar-refractivity contribution >= 4 is 44.1 Å². The van der Waals surface area contributed by atoms with Crippen molar-refractivity contribution in [2.24, 2.45) is 0 Å². The van der Waals surface area contributed by atoms with Crippen LogP contribution in [0.15, 0.2) is 66.2 Å². The molecule has 2 aliphatic rings. The Labute approximate surface area is 241 Å². The lowest BCUT2D eigenvalue weighted by molar-refractivity contribution is -0.132. The lowest BCUT2D eigenvalue weighted by atomic mass is 9.94. The van der Waals surface area contributed by atoms with Crippen LogP contribution in [0.5, 0.6) is 17.2 Å². The Bertz CT molecular complexity index is 1690. The fraction of sp³-hybridized carbons (Fsp3) is 0.281. The van der Waals surface area contributed by atoms with Crippen LogP contribution in [-0.4, -0.2) is 41.1 Å². The third-order valence-corrected chi connectivity index (χ3v) is 8.14. The predicted molar refractivity (Wildman–Crippen MR) is 158 cm³/mol. The first kappa shape index (κ1) is 26.8. The molecule has 1 amide bonds. The van der Waals surface area contributed by atoms with E-state index in [2.05, 4.69) is 0 Å². The first-order valence-corrected chi connectivity index (χ1v) is 14.6. The molecule has 6 rings (SSSR count). The fourth-order valence-electron chi connectivity index (χ4n) is 5.32. The van der Waals surface area contributed by atoms with Gasteiger partial charge in [-0.15, -0.1) is 0 Å². The minimum Gasteiger partial charge on any atom is -0.507 e. The molecule has 210 valence electrons. The summed E-state index contributed by atoms with van der Waals surface area (Å²) in [6.07, 6.45) is 1.56. The van der Waals surface area contributed by atoms with Gasteiger partial charge in [-0.3, -0.25) is 14.5 Å². The monoisotopic (exact) mass is 570 g/mol. The second-order valence-electron chi connectivity index (χ2n) is 10.1. The maximum absolute atomic E-state index is 13.7. The average Bonchev–Trinajstić information content (AvgIpc) is 3.63. The molecule has 0 aliphatic carbocycles. The van der Waals surface area contributed by atoms with Crippen LogP contribution in [0.2, 0.25) is 0 Å². The van der Waals surface area contributed by atoms with Crippen molar-refractivity contribution in [3.63, 3.8) is 0 Å². The van der Waals surface area contributed by atoms with E-state index in [1.54, 1.807) is 12.1 Å². The fourth-order valence-corrected chi connectivity index (χ4v) is 6.34. The lowest BCUT2D eigenvalue weighted by Crippen LogP contribution is -2.29. The van der Waals surface area contributed by atoms with E-state index in [9.17, 15) is 14.7 Å². The molecule has 2 aliphatic heterocycles. The molecule has 3 heterocycles. The van der Waals surface area contributed by atoms with Gasteiger partial charge in [0.05, 0.1) is 35.0 Å². The molecule has 1 N–H and O–H groups in total. The number of amides is 1. The second-order valence-corrected chi connectivity index (χ2v) is 11.1. The van der Waals surface area contributed by atoms with E-state index in [-0.39, 0.29) is 17.4 Å². The number of aliphatic hydroxyl groups is 1. The van der Waals surface area contributed by atoms with Crippen LogP contribution in [0.3, 0.4) is 0 Å². The Balaban J connectivity index is 1.50. The largest absolute Gasteiger partial charge is 0.507 e. The van der Waals surface area contributed by atoms with Crippen molar-refractivity contribution in [2.75, 3.05) is 18.1 Å². The number of fused-ring (bicyclic) bond motifs is 2. The van der Waals surface area contributed by atoms with Gasteiger partial charge in [-0.2, -0.15) is 0 Å². The van der Waals surface area contributed by atoms with Gasteiger partial charge in [0.1, 0.15) is 29.1 Å². The van der Waals surface area contributed by atoms with E-state index in [1.165, 1.54) is 16.2 Å². The summed E-state index contributed by atoms with van der Waals surface area (Å²) in [5.74, 6) is 0.310. The highest BCUT2D eigenvalue weighted by Crippen LogP contribution is 2.45. The van der Waals surface area contributed by atoms with Crippen molar-refractivity contribution in [3.8, 4) is 17.2 Å². The number of hydrogen-bond donors (Lipinski definition) is 1. The van der Waals surface area contributed by atoms with Crippen molar-refractivity contribution in [3.05, 3.63) is 82.9 Å². The summed E-state index contributed by atoms with van der Waals surface area (Å²) in [4.78, 5) is 33.5. The Morgan fingerprint density at radius 1 is 1.07 bits per heavy atom. The number of ketones is 1. The van der Waals surface area contributed by atoms with Gasteiger partial charge in [-0.1, -0.05) is 30.4 Å². The molecule has 1 saturated heterocycles. The molecule has 1 aromatic heterocycles. The standard InChI is InChI=1S/C32H30N2O6S/c1-4-13-39-22-8-6-7-19(16-22)28-27(29(35)20-9-12-25-21(15-20)14-18(3)40-25)30(36)31(37)34(28)32-33-24-11-10-23(38-5-2)17-26(24)41-32/h6-12,15-18,28,35H,4-5,13-14H2,1-3H3/t18-,28+/m1/s1. The number of thiazole rings is 1. The van der Waals surface area contributed by atoms with Gasteiger partial charge in [-0.25, -0.2) is 4.98 Å². The Hall–Kier alpha value is -4.37. The number of aliphatic hydroxyl groups excluding tert-OH is 1. The summed E-state index contributed by atoms with van der Waals surface area (Å²) in [6, 6.07) is 17.3. The van der Waals surface area contributed by atoms with E-state index in [0.29, 0.717) is 52.9 Å². The zero-order chi connectivity index (χ0) is 28.7. The van der Waals surface area contributed by atoms with Crippen molar-refractivity contribution in [2.45, 2.75) is 45.8 Å². The molecule has 0 radical (unpaired) electrons. The summed E-state index contributed by atoms with van der Waals surface area (Å²) in [5, 5.41) is 12.0. The SMILES string of the molecule is CCCOc1cccc([C@H]2C(=C(O)c3ccc4c(c3)C[C@@H](C)O4)C(=O)C(=O)N2c2nc3ccc(OCC)cc3s2)c1. The van der Waals surface area contributed by atoms with Gasteiger partial charge in [0.2, 0.25) is 0 Å². The van der Waals surface area contributed by atoms with Crippen LogP contribution in [0.1, 0.15) is 49.9 Å². The zero-order valence-electron chi connectivity index (χ0n) is 23.0. The van der Waals surface area contributed by atoms with Gasteiger partial charge in [0.25, 0.3) is 5.78 Å². The molecular weight excluding hydrogens is 540 g/mol. The van der Waals surface area contributed by atoms with Crippen molar-refractivity contribution in [1.29, 1.82) is 0 Å². The molecule has 3 aromatic carbocycles. The van der Waals surface area contributed by atoms with Gasteiger partial charge < -0.3 is 19.3 Å². The minimum atomic E-state index is -0.907. The van der Waals surface area contributed by atoms with Crippen molar-refractivity contribution < 1.29 is 28.9 Å². The molecule has 8 nitrogen and oxygen atoms in total. The van der Waals surface area contributed by atoms with Crippen LogP contribution >= 0.6 is 11.3 Å². The smallest absolute Gasteiger partial charge is 0.301 e. The topological polar surface area (TPSA) is 98.2 Å². The van der Waals surface area contributed by atoms with E-state index >= 15 is 0 Å². The number of nitrogens with zero attached hydrogens (tertiary/aromatic N) is 2. The second kappa shape index (κ2) is 10.9. The van der Waals surface area contributed by atoms with Crippen LogP contribution < -0.4 is 19.1 Å². The summed E-state index contributed by atoms with van der Waals surface area (Å²) in [7, 11) is 0. The number of carbonyl (C=O) groups excluding carboxylic acids is 2. The average molecular weight is 571 g/mol. The van der Waals surface area contributed by atoms with E-state index < -0.39 is 17.7 Å². The molecule has 1 fully saturated rings. The molecule has 0 unspecified atom stereocenters. The van der Waals surface area contributed by atoms with Crippen LogP contribution in [0.4, 0.5) is 5.13 Å². The molecule has 0 bridgehead atoms. The van der Waals surface area contributed by atoms with Gasteiger partial charge in [0.15, 0.2) is 5.13 Å². The molecule has 0 spiro atoms. The lowest BCUT2D eigenvalue weighted by Gasteiger charge is -2.23. The first-order valence-electron chi connectivity index (χ1n) is 13.7. The number of carbonyl (C=O) groups is 2. The number of benzene rings is 3. The Morgan fingerprint density at radius 2 is 1.90 bits per heavy atom. The van der Waals surface area contributed by atoms with E-state index in [1.807, 2.05) is 69.3 Å². The highest BCUT2D eigenvalue weighted by molar-refractivity contribution is 7.22. The van der Waals surface area contributed by atoms with Crippen molar-refractivity contribution in [1.82, 2.24) is 4.98 Å². The number of rotatable bonds is 8. The maximum Gasteiger partial charge on any atom is 0.301 e. The normalized spacial score (nSPS) is 19.4. The first-order chi connectivity index (χ1) is 19.9. The summed E-state index contributed by atoms with van der Waals surface area (Å²) in [5.41, 5.74) is 2.71. The van der Waals surface area contributed by atoms with Gasteiger partial charge in [-0.05, 0) is 79.9 Å². The van der Waals surface area contributed by atoms with E-state index in [0.717, 1.165) is 22.4 Å². The Kier molecular flexibility index (Phi) is 7.13. The van der Waals surface area contributed by atoms with E-state index in [4.69, 9.17) is 19.2 Å². The zero-order valence-corrected chi connectivity index (χ0v) is 23.9. The number of ether oxygens (including phenoxy) is 3. The minimum absolute atomic E-state index is 0.00353. The Morgan fingerprint density at radius 3 is 2.71 bits per heavy atom. The van der Waals surface area contributed by atoms with Crippen LogP contribution in [-0.2, 0) is 16.0 Å². The molecule has 9 heteroatoms. The molecular formula is C32H30N2O6S. The van der Waals surface area contributed by atoms with Crippen LogP contribution in [0.25, 0.3) is 16.0 Å². The number of hydrogen-bond acceptors (Lipinski definition) is 8. The van der Waals surface area contributed by atoms with Crippen LogP contribution in [0, 0.1) is 0 Å². The van der Waals surface area contributed by atoms with Gasteiger partial charge >= 0.3 is 5.91 Å². The highest BCUT2D eigenvalue weighted by Gasteiger charge is 2.48. The highest BCUT2D eigenvalue weighted by atomic mass is 32.1. The third kappa shape index (κ3) is 4.91. The summed E-state index contributed by atoms with van der Waals surface area (Å²) < 4.78 is 18.1. The maximum atomic E-state index is 13.7. The predicted octanol–water partition coefficient (Wildman–Crippen LogP) is 6.43. The number of anilines is 1. The quantitative estimate of drug-likeness (QED) is 0.148. The number of aromatic nitrogens is 1. The van der Waals surface area contributed by atoms with Gasteiger partial charge in [0, 0.05) is 12.0 Å². The molecule has 4 aromatic rings. The summed E-state index contributed by atoms with van der Waals surface area (Å²) in [6.45, 7) is 6.96. The number of Topliss-reactive ketones (excluding diaryl/α,β-unsaturated/α-hetero) is 1. The molecule has 2 atom stereocenters. The summed E-state index contributed by atoms with van der Waals surface area (Å²) >= 11 is 1.29. The molecule has 41 heavy (non-hydrogen) atoms. The molecule has 0 saturated carbocycles.